The highest BCUT2D eigenvalue weighted by molar-refractivity contribution is 5.79. The van der Waals surface area contributed by atoms with E-state index in [0.717, 1.165) is 31.5 Å². The molecule has 1 amide bonds. The average molecular weight is 292 g/mol. The van der Waals surface area contributed by atoms with E-state index in [9.17, 15) is 9.18 Å². The monoisotopic (exact) mass is 292 g/mol. The number of hydrogen-bond acceptors (Lipinski definition) is 2. The first-order valence-electron chi connectivity index (χ1n) is 7.85. The number of carbonyl (C=O) groups excluding carboxylic acids is 1. The Labute approximate surface area is 126 Å². The topological polar surface area (TPSA) is 46.3 Å². The minimum atomic E-state index is -0.207. The largest absolute Gasteiger partial charge is 0.342 e. The van der Waals surface area contributed by atoms with Crippen molar-refractivity contribution >= 4 is 5.91 Å². The Bertz CT molecular complexity index is 482. The molecule has 0 bridgehead atoms. The van der Waals surface area contributed by atoms with Crippen molar-refractivity contribution in [2.45, 2.75) is 39.0 Å². The van der Waals surface area contributed by atoms with Gasteiger partial charge in [0.05, 0.1) is 5.92 Å². The summed E-state index contributed by atoms with van der Waals surface area (Å²) in [6.07, 6.45) is 5.16. The number of hydrogen-bond donors (Lipinski definition) is 1. The molecule has 116 valence electrons. The van der Waals surface area contributed by atoms with E-state index < -0.39 is 0 Å². The van der Waals surface area contributed by atoms with E-state index in [1.54, 1.807) is 13.0 Å². The highest BCUT2D eigenvalue weighted by Gasteiger charge is 2.24. The summed E-state index contributed by atoms with van der Waals surface area (Å²) in [5.74, 6) is -0.253. The van der Waals surface area contributed by atoms with Gasteiger partial charge in [0.15, 0.2) is 0 Å². The smallest absolute Gasteiger partial charge is 0.227 e. The molecule has 0 aromatic heterocycles. The lowest BCUT2D eigenvalue weighted by atomic mass is 9.96. The number of halogens is 1. The van der Waals surface area contributed by atoms with Crippen LogP contribution in [-0.4, -0.2) is 30.4 Å². The summed E-state index contributed by atoms with van der Waals surface area (Å²) in [7, 11) is 0. The standard InChI is InChI=1S/C17H25FN2O/c1-13-10-14(6-7-16(13)18)11-15(12-19)17(21)20-8-4-2-3-5-9-20/h6-7,10,15H,2-5,8-9,11-12,19H2,1H3. The number of benzene rings is 1. The van der Waals surface area contributed by atoms with Crippen molar-refractivity contribution in [1.29, 1.82) is 0 Å². The van der Waals surface area contributed by atoms with Crippen LogP contribution in [-0.2, 0) is 11.2 Å². The summed E-state index contributed by atoms with van der Waals surface area (Å²) in [4.78, 5) is 14.6. The second-order valence-electron chi connectivity index (χ2n) is 5.96. The Kier molecular flexibility index (Phi) is 5.74. The maximum Gasteiger partial charge on any atom is 0.227 e. The average Bonchev–Trinajstić information content (AvgIpc) is 2.77. The number of likely N-dealkylation sites (tertiary alicyclic amines) is 1. The van der Waals surface area contributed by atoms with Gasteiger partial charge >= 0.3 is 0 Å². The zero-order valence-electron chi connectivity index (χ0n) is 12.8. The van der Waals surface area contributed by atoms with E-state index in [-0.39, 0.29) is 17.6 Å². The first-order valence-corrected chi connectivity index (χ1v) is 7.85. The van der Waals surface area contributed by atoms with Crippen LogP contribution >= 0.6 is 0 Å². The van der Waals surface area contributed by atoms with Gasteiger partial charge in [-0.15, -0.1) is 0 Å². The Hall–Kier alpha value is -1.42. The molecule has 1 aliphatic rings. The van der Waals surface area contributed by atoms with Crippen LogP contribution in [0.4, 0.5) is 4.39 Å². The Morgan fingerprint density at radius 1 is 1.29 bits per heavy atom. The molecule has 3 nitrogen and oxygen atoms in total. The Balaban J connectivity index is 2.04. The van der Waals surface area contributed by atoms with Crippen molar-refractivity contribution in [3.63, 3.8) is 0 Å². The molecule has 2 N–H and O–H groups in total. The summed E-state index contributed by atoms with van der Waals surface area (Å²) in [6, 6.07) is 5.03. The molecule has 0 saturated carbocycles. The third-order valence-electron chi connectivity index (χ3n) is 4.26. The summed E-state index contributed by atoms with van der Waals surface area (Å²) >= 11 is 0. The molecular formula is C17H25FN2O. The number of nitrogens with two attached hydrogens (primary N) is 1. The molecule has 0 aliphatic carbocycles. The molecule has 2 rings (SSSR count). The van der Waals surface area contributed by atoms with Crippen LogP contribution in [0.2, 0.25) is 0 Å². The number of carbonyl (C=O) groups is 1. The summed E-state index contributed by atoms with van der Waals surface area (Å²) < 4.78 is 13.3. The van der Waals surface area contributed by atoms with Crippen molar-refractivity contribution in [3.8, 4) is 0 Å². The normalized spacial score (nSPS) is 17.4. The molecule has 0 radical (unpaired) electrons. The van der Waals surface area contributed by atoms with Crippen LogP contribution in [0.1, 0.15) is 36.8 Å². The summed E-state index contributed by atoms with van der Waals surface area (Å²) in [6.45, 7) is 3.77. The molecule has 1 saturated heterocycles. The van der Waals surface area contributed by atoms with Gasteiger partial charge in [-0.3, -0.25) is 4.79 Å². The summed E-state index contributed by atoms with van der Waals surface area (Å²) in [5, 5.41) is 0. The molecule has 1 fully saturated rings. The Morgan fingerprint density at radius 3 is 2.52 bits per heavy atom. The van der Waals surface area contributed by atoms with Gasteiger partial charge in [-0.2, -0.15) is 0 Å². The first kappa shape index (κ1) is 16.0. The molecule has 1 heterocycles. The summed E-state index contributed by atoms with van der Waals surface area (Å²) in [5.41, 5.74) is 7.41. The van der Waals surface area contributed by atoms with Crippen molar-refractivity contribution in [2.24, 2.45) is 11.7 Å². The molecule has 1 aliphatic heterocycles. The van der Waals surface area contributed by atoms with Crippen LogP contribution in [0.15, 0.2) is 18.2 Å². The molecule has 0 spiro atoms. The van der Waals surface area contributed by atoms with Crippen LogP contribution in [0.25, 0.3) is 0 Å². The lowest BCUT2D eigenvalue weighted by Crippen LogP contribution is -2.40. The molecule has 1 aromatic carbocycles. The number of rotatable bonds is 4. The zero-order chi connectivity index (χ0) is 15.2. The fraction of sp³-hybridized carbons (Fsp3) is 0.588. The van der Waals surface area contributed by atoms with E-state index in [2.05, 4.69) is 0 Å². The van der Waals surface area contributed by atoms with E-state index >= 15 is 0 Å². The highest BCUT2D eigenvalue weighted by Crippen LogP contribution is 2.17. The van der Waals surface area contributed by atoms with Gasteiger partial charge in [0.25, 0.3) is 0 Å². The van der Waals surface area contributed by atoms with Crippen molar-refractivity contribution in [1.82, 2.24) is 4.90 Å². The Morgan fingerprint density at radius 2 is 1.95 bits per heavy atom. The van der Waals surface area contributed by atoms with Crippen molar-refractivity contribution in [3.05, 3.63) is 35.1 Å². The zero-order valence-corrected chi connectivity index (χ0v) is 12.8. The van der Waals surface area contributed by atoms with Gasteiger partial charge in [0.1, 0.15) is 5.82 Å². The van der Waals surface area contributed by atoms with Gasteiger partial charge in [0, 0.05) is 19.6 Å². The minimum Gasteiger partial charge on any atom is -0.342 e. The van der Waals surface area contributed by atoms with E-state index in [1.807, 2.05) is 11.0 Å². The fourth-order valence-electron chi connectivity index (χ4n) is 2.94. The van der Waals surface area contributed by atoms with E-state index in [4.69, 9.17) is 5.73 Å². The lowest BCUT2D eigenvalue weighted by Gasteiger charge is -2.25. The van der Waals surface area contributed by atoms with Gasteiger partial charge < -0.3 is 10.6 Å². The maximum absolute atomic E-state index is 13.3. The number of amides is 1. The predicted molar refractivity (Wildman–Crippen MR) is 82.4 cm³/mol. The van der Waals surface area contributed by atoms with Crippen molar-refractivity contribution < 1.29 is 9.18 Å². The highest BCUT2D eigenvalue weighted by atomic mass is 19.1. The minimum absolute atomic E-state index is 0.154. The molecule has 21 heavy (non-hydrogen) atoms. The van der Waals surface area contributed by atoms with Crippen LogP contribution in [0.3, 0.4) is 0 Å². The van der Waals surface area contributed by atoms with Gasteiger partial charge in [0.2, 0.25) is 5.91 Å². The predicted octanol–water partition coefficient (Wildman–Crippen LogP) is 2.65. The van der Waals surface area contributed by atoms with Crippen molar-refractivity contribution in [2.75, 3.05) is 19.6 Å². The van der Waals surface area contributed by atoms with Crippen LogP contribution < -0.4 is 5.73 Å². The molecule has 1 atom stereocenters. The quantitative estimate of drug-likeness (QED) is 0.927. The van der Waals surface area contributed by atoms with Crippen LogP contribution in [0.5, 0.6) is 0 Å². The molecular weight excluding hydrogens is 267 g/mol. The third kappa shape index (κ3) is 4.27. The fourth-order valence-corrected chi connectivity index (χ4v) is 2.94. The molecule has 1 unspecified atom stereocenters. The number of aryl methyl sites for hydroxylation is 1. The van der Waals surface area contributed by atoms with Gasteiger partial charge in [-0.05, 0) is 43.4 Å². The van der Waals surface area contributed by atoms with E-state index in [1.165, 1.54) is 18.9 Å². The lowest BCUT2D eigenvalue weighted by molar-refractivity contribution is -0.135. The second kappa shape index (κ2) is 7.55. The second-order valence-corrected chi connectivity index (χ2v) is 5.96. The SMILES string of the molecule is Cc1cc(CC(CN)C(=O)N2CCCCCC2)ccc1F. The molecule has 1 aromatic rings. The van der Waals surface area contributed by atoms with Gasteiger partial charge in [-0.25, -0.2) is 4.39 Å². The maximum atomic E-state index is 13.3. The van der Waals surface area contributed by atoms with Crippen LogP contribution in [0, 0.1) is 18.7 Å². The molecule has 4 heteroatoms. The first-order chi connectivity index (χ1) is 10.1. The number of nitrogens with zero attached hydrogens (tertiary/aromatic N) is 1. The van der Waals surface area contributed by atoms with E-state index in [0.29, 0.717) is 18.5 Å². The van der Waals surface area contributed by atoms with Gasteiger partial charge in [-0.1, -0.05) is 25.0 Å². The third-order valence-corrected chi connectivity index (χ3v) is 4.26.